The molecule has 0 bridgehead atoms. The Balaban J connectivity index is 1.58. The molecule has 1 saturated heterocycles. The molecule has 0 atom stereocenters. The molecule has 29 heavy (non-hydrogen) atoms. The zero-order valence-corrected chi connectivity index (χ0v) is 16.2. The summed E-state index contributed by atoms with van der Waals surface area (Å²) >= 11 is 0. The molecule has 0 unspecified atom stereocenters. The first-order valence-corrected chi connectivity index (χ1v) is 10.3. The number of hydrogen-bond donors (Lipinski definition) is 3. The Morgan fingerprint density at radius 2 is 1.69 bits per heavy atom. The summed E-state index contributed by atoms with van der Waals surface area (Å²) in [4.78, 5) is 36.4. The van der Waals surface area contributed by atoms with Gasteiger partial charge in [-0.1, -0.05) is 0 Å². The second-order valence-corrected chi connectivity index (χ2v) is 8.22. The Hall–Kier alpha value is -3.24. The third kappa shape index (κ3) is 4.98. The third-order valence-electron chi connectivity index (χ3n) is 4.41. The molecule has 2 aromatic rings. The van der Waals surface area contributed by atoms with E-state index in [1.54, 1.807) is 17.0 Å². The molecule has 1 aliphatic heterocycles. The summed E-state index contributed by atoms with van der Waals surface area (Å²) in [6.07, 6.45) is 1.27. The molecule has 3 amide bonds. The van der Waals surface area contributed by atoms with Crippen molar-refractivity contribution in [3.63, 3.8) is 0 Å². The van der Waals surface area contributed by atoms with E-state index in [-0.39, 0.29) is 10.8 Å². The van der Waals surface area contributed by atoms with Gasteiger partial charge in [-0.05, 0) is 55.0 Å². The van der Waals surface area contributed by atoms with E-state index in [0.29, 0.717) is 29.9 Å². The van der Waals surface area contributed by atoms with Crippen LogP contribution in [0.25, 0.3) is 0 Å². The maximum Gasteiger partial charge on any atom is 0.248 e. The standard InChI is InChI=1S/C19H20N4O5S/c20-19(26)13-3-5-14(6-4-13)22-17(24)12-21-29(27,28)16-9-7-15(8-10-16)23-11-1-2-18(23)25/h3-10,21H,1-2,11-12H2,(H2,20,26)(H,22,24). The van der Waals surface area contributed by atoms with Gasteiger partial charge in [-0.15, -0.1) is 0 Å². The zero-order chi connectivity index (χ0) is 21.0. The van der Waals surface area contributed by atoms with Crippen LogP contribution in [-0.2, 0) is 19.6 Å². The molecule has 0 aromatic heterocycles. The Labute approximate surface area is 167 Å². The topological polar surface area (TPSA) is 139 Å². The lowest BCUT2D eigenvalue weighted by Crippen LogP contribution is -2.33. The average molecular weight is 416 g/mol. The Bertz CT molecular complexity index is 1030. The molecule has 9 nitrogen and oxygen atoms in total. The summed E-state index contributed by atoms with van der Waals surface area (Å²) in [6.45, 7) is 0.149. The summed E-state index contributed by atoms with van der Waals surface area (Å²) in [6, 6.07) is 11.8. The number of primary amides is 1. The minimum Gasteiger partial charge on any atom is -0.366 e. The van der Waals surface area contributed by atoms with E-state index in [9.17, 15) is 22.8 Å². The highest BCUT2D eigenvalue weighted by atomic mass is 32.2. The monoisotopic (exact) mass is 416 g/mol. The fourth-order valence-electron chi connectivity index (χ4n) is 2.89. The second kappa shape index (κ2) is 8.41. The number of rotatable bonds is 7. The Kier molecular flexibility index (Phi) is 5.95. The van der Waals surface area contributed by atoms with Crippen molar-refractivity contribution in [2.75, 3.05) is 23.3 Å². The van der Waals surface area contributed by atoms with Crippen molar-refractivity contribution in [1.29, 1.82) is 0 Å². The van der Waals surface area contributed by atoms with Gasteiger partial charge in [-0.2, -0.15) is 0 Å². The van der Waals surface area contributed by atoms with Crippen LogP contribution < -0.4 is 20.7 Å². The van der Waals surface area contributed by atoms with Crippen molar-refractivity contribution in [3.8, 4) is 0 Å². The van der Waals surface area contributed by atoms with Gasteiger partial charge in [0.05, 0.1) is 11.4 Å². The summed E-state index contributed by atoms with van der Waals surface area (Å²) < 4.78 is 27.0. The molecule has 4 N–H and O–H groups in total. The summed E-state index contributed by atoms with van der Waals surface area (Å²) in [5, 5.41) is 2.52. The van der Waals surface area contributed by atoms with E-state index >= 15 is 0 Å². The fraction of sp³-hybridized carbons (Fsp3) is 0.211. The van der Waals surface area contributed by atoms with Crippen molar-refractivity contribution < 1.29 is 22.8 Å². The van der Waals surface area contributed by atoms with Crippen molar-refractivity contribution in [3.05, 3.63) is 54.1 Å². The second-order valence-electron chi connectivity index (χ2n) is 6.46. The molecular formula is C19H20N4O5S. The molecule has 0 aliphatic carbocycles. The maximum atomic E-state index is 12.4. The minimum absolute atomic E-state index is 0.00786. The van der Waals surface area contributed by atoms with Crippen LogP contribution in [0.3, 0.4) is 0 Å². The largest absolute Gasteiger partial charge is 0.366 e. The van der Waals surface area contributed by atoms with E-state index in [1.807, 2.05) is 0 Å². The van der Waals surface area contributed by atoms with Gasteiger partial charge in [0.1, 0.15) is 0 Å². The van der Waals surface area contributed by atoms with Crippen LogP contribution in [0.1, 0.15) is 23.2 Å². The van der Waals surface area contributed by atoms with Crippen molar-refractivity contribution in [2.24, 2.45) is 5.73 Å². The molecule has 1 aliphatic rings. The zero-order valence-electron chi connectivity index (χ0n) is 15.4. The predicted octanol–water partition coefficient (Wildman–Crippen LogP) is 0.829. The number of anilines is 2. The lowest BCUT2D eigenvalue weighted by Gasteiger charge is -2.16. The summed E-state index contributed by atoms with van der Waals surface area (Å²) in [7, 11) is -3.89. The quantitative estimate of drug-likeness (QED) is 0.614. The molecule has 152 valence electrons. The van der Waals surface area contributed by atoms with Gasteiger partial charge in [-0.25, -0.2) is 13.1 Å². The fourth-order valence-corrected chi connectivity index (χ4v) is 3.88. The highest BCUT2D eigenvalue weighted by Crippen LogP contribution is 2.22. The van der Waals surface area contributed by atoms with Crippen molar-refractivity contribution in [2.45, 2.75) is 17.7 Å². The molecule has 0 radical (unpaired) electrons. The number of hydrogen-bond acceptors (Lipinski definition) is 5. The van der Waals surface area contributed by atoms with Crippen molar-refractivity contribution >= 4 is 39.1 Å². The van der Waals surface area contributed by atoms with E-state index in [2.05, 4.69) is 10.0 Å². The smallest absolute Gasteiger partial charge is 0.248 e. The molecule has 2 aromatic carbocycles. The summed E-state index contributed by atoms with van der Waals surface area (Å²) in [5.41, 5.74) is 6.48. The van der Waals surface area contributed by atoms with Crippen LogP contribution >= 0.6 is 0 Å². The lowest BCUT2D eigenvalue weighted by atomic mass is 10.2. The number of nitrogens with one attached hydrogen (secondary N) is 2. The minimum atomic E-state index is -3.89. The number of nitrogens with two attached hydrogens (primary N) is 1. The molecular weight excluding hydrogens is 396 g/mol. The number of carbonyl (C=O) groups is 3. The van der Waals surface area contributed by atoms with Crippen LogP contribution in [0.15, 0.2) is 53.4 Å². The highest BCUT2D eigenvalue weighted by Gasteiger charge is 2.22. The molecule has 0 spiro atoms. The Morgan fingerprint density at radius 1 is 1.03 bits per heavy atom. The van der Waals surface area contributed by atoms with Gasteiger partial charge < -0.3 is 16.0 Å². The summed E-state index contributed by atoms with van der Waals surface area (Å²) in [5.74, 6) is -1.14. The van der Waals surface area contributed by atoms with Crippen LogP contribution in [0.4, 0.5) is 11.4 Å². The van der Waals surface area contributed by atoms with Gasteiger partial charge in [0, 0.05) is 29.9 Å². The number of benzene rings is 2. The van der Waals surface area contributed by atoms with E-state index in [1.165, 1.54) is 36.4 Å². The Morgan fingerprint density at radius 3 is 2.24 bits per heavy atom. The highest BCUT2D eigenvalue weighted by molar-refractivity contribution is 7.89. The van der Waals surface area contributed by atoms with Gasteiger partial charge in [0.2, 0.25) is 27.7 Å². The first-order valence-electron chi connectivity index (χ1n) is 8.86. The SMILES string of the molecule is NC(=O)c1ccc(NC(=O)CNS(=O)(=O)c2ccc(N3CCCC3=O)cc2)cc1. The van der Waals surface area contributed by atoms with Gasteiger partial charge >= 0.3 is 0 Å². The van der Waals surface area contributed by atoms with E-state index in [0.717, 1.165) is 6.42 Å². The average Bonchev–Trinajstić information content (AvgIpc) is 3.13. The van der Waals surface area contributed by atoms with Gasteiger partial charge in [0.25, 0.3) is 0 Å². The number of carbonyl (C=O) groups excluding carboxylic acids is 3. The number of nitrogens with zero attached hydrogens (tertiary/aromatic N) is 1. The predicted molar refractivity (Wildman–Crippen MR) is 107 cm³/mol. The lowest BCUT2D eigenvalue weighted by molar-refractivity contribution is -0.117. The number of amides is 3. The van der Waals surface area contributed by atoms with Crippen LogP contribution in [0, 0.1) is 0 Å². The van der Waals surface area contributed by atoms with Crippen LogP contribution in [0.2, 0.25) is 0 Å². The number of sulfonamides is 1. The first-order chi connectivity index (χ1) is 13.8. The first kappa shape index (κ1) is 20.5. The molecule has 0 saturated carbocycles. The molecule has 1 fully saturated rings. The van der Waals surface area contributed by atoms with Crippen LogP contribution in [0.5, 0.6) is 0 Å². The molecule has 1 heterocycles. The van der Waals surface area contributed by atoms with Gasteiger partial charge in [-0.3, -0.25) is 14.4 Å². The normalized spacial score (nSPS) is 14.1. The van der Waals surface area contributed by atoms with Gasteiger partial charge in [0.15, 0.2) is 0 Å². The molecule has 10 heteroatoms. The third-order valence-corrected chi connectivity index (χ3v) is 5.83. The van der Waals surface area contributed by atoms with Crippen LogP contribution in [-0.4, -0.2) is 39.2 Å². The molecule has 3 rings (SSSR count). The van der Waals surface area contributed by atoms with E-state index in [4.69, 9.17) is 5.73 Å². The maximum absolute atomic E-state index is 12.4. The van der Waals surface area contributed by atoms with Crippen molar-refractivity contribution in [1.82, 2.24) is 4.72 Å². The van der Waals surface area contributed by atoms with E-state index < -0.39 is 28.4 Å².